The Bertz CT molecular complexity index is 742. The smallest absolute Gasteiger partial charge is 0.229 e. The molecule has 0 aliphatic heterocycles. The molecule has 2 rings (SSSR count). The fourth-order valence-corrected chi connectivity index (χ4v) is 2.57. The molecule has 0 aliphatic carbocycles. The molecule has 0 saturated heterocycles. The highest BCUT2D eigenvalue weighted by Gasteiger charge is 2.06. The lowest BCUT2D eigenvalue weighted by Gasteiger charge is -2.12. The van der Waals surface area contributed by atoms with Gasteiger partial charge in [0, 0.05) is 17.8 Å². The van der Waals surface area contributed by atoms with Crippen molar-refractivity contribution in [1.29, 1.82) is 0 Å². The number of para-hydroxylation sites is 1. The van der Waals surface area contributed by atoms with Crippen molar-refractivity contribution in [2.75, 3.05) is 16.3 Å². The Balaban J connectivity index is 2.09. The number of sulfonamides is 1. The van der Waals surface area contributed by atoms with Crippen molar-refractivity contribution < 1.29 is 13.5 Å². The van der Waals surface area contributed by atoms with Crippen molar-refractivity contribution in [2.45, 2.75) is 13.5 Å². The van der Waals surface area contributed by atoms with Crippen LogP contribution in [0.3, 0.4) is 0 Å². The van der Waals surface area contributed by atoms with E-state index in [0.29, 0.717) is 12.2 Å². The molecule has 0 aliphatic rings. The molecular weight excluding hydrogens is 288 g/mol. The summed E-state index contributed by atoms with van der Waals surface area (Å²) in [7, 11) is -3.28. The molecule has 0 spiro atoms. The van der Waals surface area contributed by atoms with Crippen molar-refractivity contribution in [3.8, 4) is 5.75 Å². The van der Waals surface area contributed by atoms with Gasteiger partial charge in [0.05, 0.1) is 11.9 Å². The minimum atomic E-state index is -3.28. The van der Waals surface area contributed by atoms with Crippen LogP contribution < -0.4 is 10.0 Å². The van der Waals surface area contributed by atoms with Gasteiger partial charge in [-0.1, -0.05) is 18.2 Å². The number of anilines is 2. The second-order valence-corrected chi connectivity index (χ2v) is 6.63. The Kier molecular flexibility index (Phi) is 4.37. The van der Waals surface area contributed by atoms with Crippen LogP contribution in [-0.2, 0) is 16.6 Å². The Labute approximate surface area is 124 Å². The first-order valence-electron chi connectivity index (χ1n) is 6.44. The Morgan fingerprint density at radius 3 is 2.48 bits per heavy atom. The topological polar surface area (TPSA) is 78.4 Å². The maximum atomic E-state index is 11.2. The molecule has 0 atom stereocenters. The van der Waals surface area contributed by atoms with Crippen molar-refractivity contribution in [2.24, 2.45) is 0 Å². The van der Waals surface area contributed by atoms with E-state index in [4.69, 9.17) is 0 Å². The lowest BCUT2D eigenvalue weighted by molar-refractivity contribution is 0.469. The zero-order valence-electron chi connectivity index (χ0n) is 11.9. The summed E-state index contributed by atoms with van der Waals surface area (Å²) < 4.78 is 24.9. The summed E-state index contributed by atoms with van der Waals surface area (Å²) in [4.78, 5) is 0. The monoisotopic (exact) mass is 306 g/mol. The number of benzene rings is 2. The minimum absolute atomic E-state index is 0.247. The van der Waals surface area contributed by atoms with Gasteiger partial charge in [-0.2, -0.15) is 0 Å². The fourth-order valence-electron chi connectivity index (χ4n) is 1.95. The second-order valence-electron chi connectivity index (χ2n) is 4.89. The molecule has 0 bridgehead atoms. The molecule has 0 aromatic heterocycles. The zero-order valence-corrected chi connectivity index (χ0v) is 12.7. The third-order valence-electron chi connectivity index (χ3n) is 3.00. The largest absolute Gasteiger partial charge is 0.508 e. The predicted octanol–water partition coefficient (Wildman–Crippen LogP) is 2.68. The van der Waals surface area contributed by atoms with E-state index in [1.807, 2.05) is 25.1 Å². The van der Waals surface area contributed by atoms with Gasteiger partial charge in [-0.25, -0.2) is 8.42 Å². The highest BCUT2D eigenvalue weighted by molar-refractivity contribution is 7.92. The minimum Gasteiger partial charge on any atom is -0.508 e. The third kappa shape index (κ3) is 4.39. The van der Waals surface area contributed by atoms with Gasteiger partial charge in [-0.15, -0.1) is 0 Å². The van der Waals surface area contributed by atoms with Gasteiger partial charge >= 0.3 is 0 Å². The van der Waals surface area contributed by atoms with Crippen molar-refractivity contribution >= 4 is 21.4 Å². The standard InChI is InChI=1S/C15H18N2O3S/c1-11-9-13(7-8-14(11)17-21(2,19)20)16-10-12-5-3-4-6-15(12)18/h3-9,16-18H,10H2,1-2H3. The van der Waals surface area contributed by atoms with Gasteiger partial charge in [-0.3, -0.25) is 4.72 Å². The van der Waals surface area contributed by atoms with Crippen LogP contribution in [0.5, 0.6) is 5.75 Å². The molecule has 0 amide bonds. The third-order valence-corrected chi connectivity index (χ3v) is 3.59. The maximum Gasteiger partial charge on any atom is 0.229 e. The average Bonchev–Trinajstić information content (AvgIpc) is 2.39. The van der Waals surface area contributed by atoms with Crippen LogP contribution in [0.1, 0.15) is 11.1 Å². The van der Waals surface area contributed by atoms with Gasteiger partial charge in [0.2, 0.25) is 10.0 Å². The molecule has 21 heavy (non-hydrogen) atoms. The first-order chi connectivity index (χ1) is 9.85. The molecular formula is C15H18N2O3S. The van der Waals surface area contributed by atoms with Gasteiger partial charge in [0.1, 0.15) is 5.75 Å². The van der Waals surface area contributed by atoms with Crippen molar-refractivity contribution in [3.05, 3.63) is 53.6 Å². The number of aromatic hydroxyl groups is 1. The molecule has 5 nitrogen and oxygen atoms in total. The van der Waals surface area contributed by atoms with E-state index < -0.39 is 10.0 Å². The van der Waals surface area contributed by atoms with E-state index in [9.17, 15) is 13.5 Å². The van der Waals surface area contributed by atoms with Crippen molar-refractivity contribution in [1.82, 2.24) is 0 Å². The van der Waals surface area contributed by atoms with Crippen LogP contribution >= 0.6 is 0 Å². The molecule has 0 radical (unpaired) electrons. The lowest BCUT2D eigenvalue weighted by Crippen LogP contribution is -2.10. The number of aryl methyl sites for hydroxylation is 1. The lowest BCUT2D eigenvalue weighted by atomic mass is 10.1. The van der Waals surface area contributed by atoms with Crippen molar-refractivity contribution in [3.63, 3.8) is 0 Å². The SMILES string of the molecule is Cc1cc(NCc2ccccc2O)ccc1NS(C)(=O)=O. The maximum absolute atomic E-state index is 11.2. The molecule has 2 aromatic rings. The van der Waals surface area contributed by atoms with Crippen LogP contribution in [0.4, 0.5) is 11.4 Å². The number of nitrogens with one attached hydrogen (secondary N) is 2. The number of hydrogen-bond donors (Lipinski definition) is 3. The van der Waals surface area contributed by atoms with Crippen LogP contribution in [0, 0.1) is 6.92 Å². The van der Waals surface area contributed by atoms with Crippen LogP contribution in [0.2, 0.25) is 0 Å². The fraction of sp³-hybridized carbons (Fsp3) is 0.200. The number of phenols is 1. The summed E-state index contributed by atoms with van der Waals surface area (Å²) >= 11 is 0. The summed E-state index contributed by atoms with van der Waals surface area (Å²) in [5.74, 6) is 0.247. The summed E-state index contributed by atoms with van der Waals surface area (Å²) in [6.07, 6.45) is 1.12. The number of phenolic OH excluding ortho intramolecular Hbond substituents is 1. The van der Waals surface area contributed by atoms with Gasteiger partial charge in [0.25, 0.3) is 0 Å². The van der Waals surface area contributed by atoms with E-state index in [1.54, 1.807) is 24.3 Å². The first kappa shape index (κ1) is 15.2. The Morgan fingerprint density at radius 1 is 1.14 bits per heavy atom. The summed E-state index contributed by atoms with van der Waals surface area (Å²) in [5.41, 5.74) is 3.04. The quantitative estimate of drug-likeness (QED) is 0.793. The second kappa shape index (κ2) is 6.05. The van der Waals surface area contributed by atoms with E-state index in [0.717, 1.165) is 23.1 Å². The summed E-state index contributed by atoms with van der Waals surface area (Å²) in [6, 6.07) is 12.5. The number of rotatable bonds is 5. The van der Waals surface area contributed by atoms with E-state index in [1.165, 1.54) is 0 Å². The highest BCUT2D eigenvalue weighted by Crippen LogP contribution is 2.22. The van der Waals surface area contributed by atoms with Gasteiger partial charge < -0.3 is 10.4 Å². The Morgan fingerprint density at radius 2 is 1.86 bits per heavy atom. The summed E-state index contributed by atoms with van der Waals surface area (Å²) in [5, 5.41) is 12.9. The highest BCUT2D eigenvalue weighted by atomic mass is 32.2. The predicted molar refractivity (Wildman–Crippen MR) is 85.1 cm³/mol. The molecule has 3 N–H and O–H groups in total. The van der Waals surface area contributed by atoms with E-state index >= 15 is 0 Å². The first-order valence-corrected chi connectivity index (χ1v) is 8.33. The molecule has 0 unspecified atom stereocenters. The zero-order chi connectivity index (χ0) is 15.5. The Hall–Kier alpha value is -2.21. The molecule has 0 heterocycles. The van der Waals surface area contributed by atoms with Crippen LogP contribution in [-0.4, -0.2) is 19.8 Å². The summed E-state index contributed by atoms with van der Waals surface area (Å²) in [6.45, 7) is 2.32. The van der Waals surface area contributed by atoms with Gasteiger partial charge in [-0.05, 0) is 36.8 Å². The molecule has 0 fully saturated rings. The van der Waals surface area contributed by atoms with E-state index in [-0.39, 0.29) is 5.75 Å². The number of hydrogen-bond acceptors (Lipinski definition) is 4. The molecule has 112 valence electrons. The van der Waals surface area contributed by atoms with E-state index in [2.05, 4.69) is 10.0 Å². The van der Waals surface area contributed by atoms with Gasteiger partial charge in [0.15, 0.2) is 0 Å². The molecule has 2 aromatic carbocycles. The molecule has 6 heteroatoms. The van der Waals surface area contributed by atoms with Crippen LogP contribution in [0.15, 0.2) is 42.5 Å². The van der Waals surface area contributed by atoms with Crippen LogP contribution in [0.25, 0.3) is 0 Å². The molecule has 0 saturated carbocycles. The normalized spacial score (nSPS) is 11.1. The average molecular weight is 306 g/mol.